The number of hydrogen-bond donors (Lipinski definition) is 2. The van der Waals surface area contributed by atoms with E-state index in [1.165, 1.54) is 4.88 Å². The quantitative estimate of drug-likeness (QED) is 0.620. The summed E-state index contributed by atoms with van der Waals surface area (Å²) >= 11 is 2.18. The number of alkyl halides is 2. The van der Waals surface area contributed by atoms with E-state index >= 15 is 0 Å². The maximum atomic E-state index is 12.5. The van der Waals surface area contributed by atoms with E-state index in [4.69, 9.17) is 4.74 Å². The molecule has 2 atom stereocenters. The topological polar surface area (TPSA) is 42.8 Å². The number of amides is 1. The molecule has 0 saturated carbocycles. The van der Waals surface area contributed by atoms with Crippen LogP contribution < -0.4 is 10.2 Å². The molecule has 1 amide bonds. The number of ether oxygens (including phenoxy) is 1. The van der Waals surface area contributed by atoms with Gasteiger partial charge in [0, 0.05) is 17.2 Å². The van der Waals surface area contributed by atoms with E-state index in [0.717, 1.165) is 37.4 Å². The minimum Gasteiger partial charge on any atom is -0.372 e. The third kappa shape index (κ3) is 6.88. The lowest BCUT2D eigenvalue weighted by atomic mass is 10.2. The minimum absolute atomic E-state index is 0.0891. The van der Waals surface area contributed by atoms with E-state index in [0.29, 0.717) is 28.9 Å². The van der Waals surface area contributed by atoms with Gasteiger partial charge in [-0.3, -0.25) is 4.79 Å². The molecule has 2 heterocycles. The van der Waals surface area contributed by atoms with Crippen LogP contribution in [0.5, 0.6) is 0 Å². The number of benzene rings is 1. The highest BCUT2D eigenvalue weighted by Gasteiger charge is 2.24. The molecule has 1 aromatic carbocycles. The Morgan fingerprint density at radius 1 is 1.33 bits per heavy atom. The molecule has 0 bridgehead atoms. The molecule has 1 aromatic heterocycles. The highest BCUT2D eigenvalue weighted by Crippen LogP contribution is 2.26. The van der Waals surface area contributed by atoms with Crippen molar-refractivity contribution >= 4 is 34.7 Å². The van der Waals surface area contributed by atoms with E-state index in [2.05, 4.69) is 11.4 Å². The number of carbonyl (C=O) groups is 1. The zero-order valence-corrected chi connectivity index (χ0v) is 16.5. The van der Waals surface area contributed by atoms with Crippen LogP contribution in [0.4, 0.5) is 14.5 Å². The molecule has 1 saturated heterocycles. The molecule has 1 unspecified atom stereocenters. The molecular weight excluding hydrogens is 390 g/mol. The summed E-state index contributed by atoms with van der Waals surface area (Å²) in [6.07, 6.45) is 2.32. The number of carbonyl (C=O) groups excluding carboxylic acids is 1. The Morgan fingerprint density at radius 3 is 2.78 bits per heavy atom. The van der Waals surface area contributed by atoms with Crippen LogP contribution in [0.2, 0.25) is 0 Å². The third-order valence-electron chi connectivity index (χ3n) is 4.32. The van der Waals surface area contributed by atoms with Crippen molar-refractivity contribution in [2.75, 3.05) is 25.0 Å². The molecule has 2 N–H and O–H groups in total. The second-order valence-corrected chi connectivity index (χ2v) is 8.57. The number of hydrogen-bond acceptors (Lipinski definition) is 4. The molecular formula is C19H23F2N2O2S2+. The molecule has 0 aliphatic carbocycles. The number of quaternary nitrogens is 1. The predicted octanol–water partition coefficient (Wildman–Crippen LogP) is 3.27. The SMILES string of the molecule is O=C(C[NH+](Cc1cccs1)C[C@H]1CCCO1)Nc1ccc(SC(F)F)cc1. The summed E-state index contributed by atoms with van der Waals surface area (Å²) in [5, 5.41) is 4.90. The first-order valence-electron chi connectivity index (χ1n) is 8.91. The molecule has 1 fully saturated rings. The summed E-state index contributed by atoms with van der Waals surface area (Å²) in [4.78, 5) is 15.4. The standard InChI is InChI=1S/C19H22F2N2O2S2/c20-19(21)27-16-7-5-14(6-8-16)22-18(24)13-23(11-15-3-1-9-25-15)12-17-4-2-10-26-17/h2,4-8,10,15,19H,1,3,9,11-13H2,(H,22,24)/p+1/t15-/m1/s1. The second-order valence-electron chi connectivity index (χ2n) is 6.47. The van der Waals surface area contributed by atoms with E-state index in [1.54, 1.807) is 35.6 Å². The van der Waals surface area contributed by atoms with Gasteiger partial charge in [-0.2, -0.15) is 8.78 Å². The Morgan fingerprint density at radius 2 is 2.15 bits per heavy atom. The fourth-order valence-electron chi connectivity index (χ4n) is 3.15. The van der Waals surface area contributed by atoms with Crippen LogP contribution in [0.25, 0.3) is 0 Å². The molecule has 146 valence electrons. The van der Waals surface area contributed by atoms with Crippen LogP contribution in [0.1, 0.15) is 17.7 Å². The summed E-state index contributed by atoms with van der Waals surface area (Å²) in [6.45, 7) is 2.72. The molecule has 1 aliphatic rings. The van der Waals surface area contributed by atoms with Crippen molar-refractivity contribution in [2.45, 2.75) is 36.1 Å². The number of anilines is 1. The normalized spacial score (nSPS) is 18.0. The first-order chi connectivity index (χ1) is 13.1. The highest BCUT2D eigenvalue weighted by atomic mass is 32.2. The van der Waals surface area contributed by atoms with Gasteiger partial charge in [-0.15, -0.1) is 11.3 Å². The lowest BCUT2D eigenvalue weighted by Gasteiger charge is -2.21. The van der Waals surface area contributed by atoms with Gasteiger partial charge >= 0.3 is 0 Å². The van der Waals surface area contributed by atoms with E-state index < -0.39 is 5.76 Å². The van der Waals surface area contributed by atoms with Crippen molar-refractivity contribution < 1.29 is 23.2 Å². The fraction of sp³-hybridized carbons (Fsp3) is 0.421. The van der Waals surface area contributed by atoms with Crippen LogP contribution in [0.15, 0.2) is 46.7 Å². The van der Waals surface area contributed by atoms with Crippen molar-refractivity contribution in [2.24, 2.45) is 0 Å². The van der Waals surface area contributed by atoms with Crippen LogP contribution in [0, 0.1) is 0 Å². The molecule has 2 aromatic rings. The number of nitrogens with one attached hydrogen (secondary N) is 2. The Labute approximate surface area is 165 Å². The number of thioether (sulfide) groups is 1. The Hall–Kier alpha value is -1.48. The van der Waals surface area contributed by atoms with Crippen molar-refractivity contribution in [3.8, 4) is 0 Å². The Balaban J connectivity index is 1.55. The smallest absolute Gasteiger partial charge is 0.288 e. The summed E-state index contributed by atoms with van der Waals surface area (Å²) < 4.78 is 30.5. The first kappa shape index (κ1) is 20.3. The van der Waals surface area contributed by atoms with Crippen LogP contribution in [-0.2, 0) is 16.1 Å². The summed E-state index contributed by atoms with van der Waals surface area (Å²) in [5.74, 6) is -2.54. The molecule has 0 radical (unpaired) electrons. The molecule has 1 aliphatic heterocycles. The molecule has 8 heteroatoms. The van der Waals surface area contributed by atoms with Gasteiger partial charge in [-0.1, -0.05) is 17.8 Å². The third-order valence-corrected chi connectivity index (χ3v) is 5.92. The van der Waals surface area contributed by atoms with Crippen molar-refractivity contribution in [1.29, 1.82) is 0 Å². The van der Waals surface area contributed by atoms with Crippen molar-refractivity contribution in [3.63, 3.8) is 0 Å². The van der Waals surface area contributed by atoms with Crippen LogP contribution in [-0.4, -0.2) is 37.5 Å². The fourth-order valence-corrected chi connectivity index (χ4v) is 4.42. The number of halogens is 2. The number of rotatable bonds is 9. The largest absolute Gasteiger partial charge is 0.372 e. The first-order valence-corrected chi connectivity index (χ1v) is 10.7. The maximum absolute atomic E-state index is 12.5. The molecule has 0 spiro atoms. The van der Waals surface area contributed by atoms with Gasteiger partial charge < -0.3 is 15.0 Å². The monoisotopic (exact) mass is 413 g/mol. The average molecular weight is 414 g/mol. The summed E-state index contributed by atoms with van der Waals surface area (Å²) in [6, 6.07) is 10.6. The average Bonchev–Trinajstić information content (AvgIpc) is 3.30. The molecule has 4 nitrogen and oxygen atoms in total. The maximum Gasteiger partial charge on any atom is 0.288 e. The van der Waals surface area contributed by atoms with Gasteiger partial charge in [-0.25, -0.2) is 0 Å². The van der Waals surface area contributed by atoms with Gasteiger partial charge in [0.1, 0.15) is 19.2 Å². The molecule has 27 heavy (non-hydrogen) atoms. The second kappa shape index (κ2) is 10.2. The van der Waals surface area contributed by atoms with Gasteiger partial charge in [0.05, 0.1) is 4.88 Å². The Bertz CT molecular complexity index is 705. The zero-order valence-electron chi connectivity index (χ0n) is 14.8. The summed E-state index contributed by atoms with van der Waals surface area (Å²) in [5.41, 5.74) is 0.617. The van der Waals surface area contributed by atoms with Gasteiger partial charge in [0.15, 0.2) is 6.54 Å². The van der Waals surface area contributed by atoms with E-state index in [1.807, 2.05) is 11.4 Å². The van der Waals surface area contributed by atoms with Gasteiger partial charge in [0.2, 0.25) is 0 Å². The predicted molar refractivity (Wildman–Crippen MR) is 105 cm³/mol. The lowest BCUT2D eigenvalue weighted by molar-refractivity contribution is -0.908. The van der Waals surface area contributed by atoms with E-state index in [-0.39, 0.29) is 12.0 Å². The van der Waals surface area contributed by atoms with Crippen molar-refractivity contribution in [3.05, 3.63) is 46.7 Å². The van der Waals surface area contributed by atoms with E-state index in [9.17, 15) is 13.6 Å². The highest BCUT2D eigenvalue weighted by molar-refractivity contribution is 7.99. The van der Waals surface area contributed by atoms with Crippen LogP contribution in [0.3, 0.4) is 0 Å². The zero-order chi connectivity index (χ0) is 19.1. The minimum atomic E-state index is -2.45. The summed E-state index contributed by atoms with van der Waals surface area (Å²) in [7, 11) is 0. The Kier molecular flexibility index (Phi) is 7.63. The van der Waals surface area contributed by atoms with Crippen molar-refractivity contribution in [1.82, 2.24) is 0 Å². The van der Waals surface area contributed by atoms with Crippen LogP contribution >= 0.6 is 23.1 Å². The molecule has 3 rings (SSSR count). The van der Waals surface area contributed by atoms with Gasteiger partial charge in [0.25, 0.3) is 11.7 Å². The number of thiophene rings is 1. The lowest BCUT2D eigenvalue weighted by Crippen LogP contribution is -3.12. The van der Waals surface area contributed by atoms with Gasteiger partial charge in [-0.05, 0) is 48.6 Å².